The lowest BCUT2D eigenvalue weighted by molar-refractivity contribution is 0.490. The standard InChI is InChI=1S/C18H27N3/c1-4-19-18(12-16-13-20-21(5-2)14-16)11-10-17-9-7-6-8-15(17)3/h6-9,13-14,18-19H,4-5,10-12H2,1-3H3. The molecule has 1 heterocycles. The van der Waals surface area contributed by atoms with E-state index in [1.54, 1.807) is 0 Å². The summed E-state index contributed by atoms with van der Waals surface area (Å²) in [5.41, 5.74) is 4.18. The van der Waals surface area contributed by atoms with Gasteiger partial charge in [-0.3, -0.25) is 4.68 Å². The molecule has 1 unspecified atom stereocenters. The zero-order valence-corrected chi connectivity index (χ0v) is 13.5. The minimum atomic E-state index is 0.518. The summed E-state index contributed by atoms with van der Waals surface area (Å²) in [4.78, 5) is 0. The molecule has 0 saturated heterocycles. The number of aromatic nitrogens is 2. The van der Waals surface area contributed by atoms with Crippen molar-refractivity contribution in [2.75, 3.05) is 6.54 Å². The van der Waals surface area contributed by atoms with Gasteiger partial charge in [0.2, 0.25) is 0 Å². The van der Waals surface area contributed by atoms with Crippen molar-refractivity contribution in [1.29, 1.82) is 0 Å². The van der Waals surface area contributed by atoms with E-state index < -0.39 is 0 Å². The summed E-state index contributed by atoms with van der Waals surface area (Å²) in [7, 11) is 0. The number of hydrogen-bond acceptors (Lipinski definition) is 2. The maximum atomic E-state index is 4.37. The number of likely N-dealkylation sites (N-methyl/N-ethyl adjacent to an activating group) is 1. The van der Waals surface area contributed by atoms with E-state index in [2.05, 4.69) is 61.6 Å². The van der Waals surface area contributed by atoms with Crippen molar-refractivity contribution < 1.29 is 0 Å². The molecule has 114 valence electrons. The van der Waals surface area contributed by atoms with E-state index in [0.717, 1.165) is 32.4 Å². The monoisotopic (exact) mass is 285 g/mol. The third kappa shape index (κ3) is 4.71. The van der Waals surface area contributed by atoms with E-state index in [1.165, 1.54) is 16.7 Å². The van der Waals surface area contributed by atoms with Crippen molar-refractivity contribution in [2.45, 2.75) is 52.6 Å². The van der Waals surface area contributed by atoms with Crippen LogP contribution in [0.15, 0.2) is 36.7 Å². The average Bonchev–Trinajstić information content (AvgIpc) is 2.94. The first-order valence-electron chi connectivity index (χ1n) is 8.02. The van der Waals surface area contributed by atoms with Crippen LogP contribution < -0.4 is 5.32 Å². The largest absolute Gasteiger partial charge is 0.314 e. The normalized spacial score (nSPS) is 12.5. The average molecular weight is 285 g/mol. The van der Waals surface area contributed by atoms with Crippen molar-refractivity contribution in [2.24, 2.45) is 0 Å². The molecule has 0 aliphatic rings. The number of benzene rings is 1. The Morgan fingerprint density at radius 3 is 2.71 bits per heavy atom. The Morgan fingerprint density at radius 2 is 2.05 bits per heavy atom. The number of hydrogen-bond donors (Lipinski definition) is 1. The fourth-order valence-corrected chi connectivity index (χ4v) is 2.75. The van der Waals surface area contributed by atoms with Gasteiger partial charge in [-0.25, -0.2) is 0 Å². The van der Waals surface area contributed by atoms with Crippen molar-refractivity contribution in [1.82, 2.24) is 15.1 Å². The van der Waals surface area contributed by atoms with Crippen LogP contribution in [0.25, 0.3) is 0 Å². The van der Waals surface area contributed by atoms with Gasteiger partial charge < -0.3 is 5.32 Å². The highest BCUT2D eigenvalue weighted by Crippen LogP contribution is 2.13. The first-order chi connectivity index (χ1) is 10.2. The Balaban J connectivity index is 1.94. The second-order valence-corrected chi connectivity index (χ2v) is 5.63. The highest BCUT2D eigenvalue weighted by molar-refractivity contribution is 5.25. The molecule has 0 saturated carbocycles. The van der Waals surface area contributed by atoms with Crippen LogP contribution in [0.3, 0.4) is 0 Å². The van der Waals surface area contributed by atoms with E-state index in [-0.39, 0.29) is 0 Å². The van der Waals surface area contributed by atoms with E-state index >= 15 is 0 Å². The van der Waals surface area contributed by atoms with Gasteiger partial charge in [0.05, 0.1) is 6.20 Å². The van der Waals surface area contributed by atoms with Crippen LogP contribution in [0.2, 0.25) is 0 Å². The number of nitrogens with one attached hydrogen (secondary N) is 1. The Kier molecular flexibility index (Phi) is 6.00. The van der Waals surface area contributed by atoms with Gasteiger partial charge in [0.1, 0.15) is 0 Å². The summed E-state index contributed by atoms with van der Waals surface area (Å²) in [5, 5.41) is 7.98. The molecule has 3 heteroatoms. The van der Waals surface area contributed by atoms with Crippen LogP contribution in [0, 0.1) is 6.92 Å². The first-order valence-corrected chi connectivity index (χ1v) is 8.02. The van der Waals surface area contributed by atoms with Crippen LogP contribution in [-0.4, -0.2) is 22.4 Å². The molecule has 0 aliphatic carbocycles. The van der Waals surface area contributed by atoms with Crippen molar-refractivity contribution in [3.05, 3.63) is 53.3 Å². The molecule has 1 aromatic carbocycles. The minimum absolute atomic E-state index is 0.518. The van der Waals surface area contributed by atoms with Gasteiger partial charge in [0.15, 0.2) is 0 Å². The van der Waals surface area contributed by atoms with E-state index in [0.29, 0.717) is 6.04 Å². The summed E-state index contributed by atoms with van der Waals surface area (Å²) in [5.74, 6) is 0. The zero-order valence-electron chi connectivity index (χ0n) is 13.5. The van der Waals surface area contributed by atoms with E-state index in [4.69, 9.17) is 0 Å². The van der Waals surface area contributed by atoms with Gasteiger partial charge in [-0.05, 0) is 56.3 Å². The molecule has 21 heavy (non-hydrogen) atoms. The topological polar surface area (TPSA) is 29.9 Å². The fraction of sp³-hybridized carbons (Fsp3) is 0.500. The molecular weight excluding hydrogens is 258 g/mol. The summed E-state index contributed by atoms with van der Waals surface area (Å²) in [6.45, 7) is 8.45. The summed E-state index contributed by atoms with van der Waals surface area (Å²) in [6.07, 6.45) is 7.52. The Hall–Kier alpha value is -1.61. The molecule has 0 bridgehead atoms. The maximum Gasteiger partial charge on any atom is 0.0522 e. The molecule has 1 aromatic heterocycles. The van der Waals surface area contributed by atoms with Gasteiger partial charge >= 0.3 is 0 Å². The Bertz CT molecular complexity index is 545. The SMILES string of the molecule is CCNC(CCc1ccccc1C)Cc1cnn(CC)c1. The predicted octanol–water partition coefficient (Wildman–Crippen LogP) is 3.36. The van der Waals surface area contributed by atoms with Crippen molar-refractivity contribution in [3.8, 4) is 0 Å². The molecule has 0 amide bonds. The molecule has 0 fully saturated rings. The highest BCUT2D eigenvalue weighted by Gasteiger charge is 2.10. The molecule has 1 atom stereocenters. The predicted molar refractivity (Wildman–Crippen MR) is 88.6 cm³/mol. The summed E-state index contributed by atoms with van der Waals surface area (Å²) >= 11 is 0. The van der Waals surface area contributed by atoms with Crippen molar-refractivity contribution >= 4 is 0 Å². The van der Waals surface area contributed by atoms with Gasteiger partial charge in [-0.2, -0.15) is 5.10 Å². The molecule has 2 rings (SSSR count). The Morgan fingerprint density at radius 1 is 1.24 bits per heavy atom. The molecule has 1 N–H and O–H groups in total. The molecule has 0 radical (unpaired) electrons. The fourth-order valence-electron chi connectivity index (χ4n) is 2.75. The van der Waals surface area contributed by atoms with E-state index in [9.17, 15) is 0 Å². The van der Waals surface area contributed by atoms with Gasteiger partial charge in [-0.15, -0.1) is 0 Å². The third-order valence-corrected chi connectivity index (χ3v) is 4.01. The molecular formula is C18H27N3. The second-order valence-electron chi connectivity index (χ2n) is 5.63. The van der Waals surface area contributed by atoms with Crippen LogP contribution >= 0.6 is 0 Å². The van der Waals surface area contributed by atoms with Crippen molar-refractivity contribution in [3.63, 3.8) is 0 Å². The lowest BCUT2D eigenvalue weighted by atomic mass is 9.98. The summed E-state index contributed by atoms with van der Waals surface area (Å²) < 4.78 is 2.00. The lowest BCUT2D eigenvalue weighted by Crippen LogP contribution is -2.31. The quantitative estimate of drug-likeness (QED) is 0.806. The smallest absolute Gasteiger partial charge is 0.0522 e. The van der Waals surface area contributed by atoms with Crippen LogP contribution in [0.1, 0.15) is 37.0 Å². The van der Waals surface area contributed by atoms with E-state index in [1.807, 2.05) is 10.9 Å². The Labute approximate surface area is 128 Å². The van der Waals surface area contributed by atoms with Crippen LogP contribution in [-0.2, 0) is 19.4 Å². The maximum absolute atomic E-state index is 4.37. The van der Waals surface area contributed by atoms with Crippen LogP contribution in [0.4, 0.5) is 0 Å². The van der Waals surface area contributed by atoms with Crippen LogP contribution in [0.5, 0.6) is 0 Å². The molecule has 2 aromatic rings. The number of aryl methyl sites for hydroxylation is 3. The zero-order chi connectivity index (χ0) is 15.1. The number of rotatable bonds is 8. The molecule has 0 aliphatic heterocycles. The molecule has 0 spiro atoms. The first kappa shape index (κ1) is 15.8. The van der Waals surface area contributed by atoms with Gasteiger partial charge in [0.25, 0.3) is 0 Å². The van der Waals surface area contributed by atoms with Gasteiger partial charge in [0, 0.05) is 18.8 Å². The second kappa shape index (κ2) is 7.99. The van der Waals surface area contributed by atoms with Gasteiger partial charge in [-0.1, -0.05) is 31.2 Å². The molecule has 3 nitrogen and oxygen atoms in total. The summed E-state index contributed by atoms with van der Waals surface area (Å²) in [6, 6.07) is 9.20. The number of nitrogens with zero attached hydrogens (tertiary/aromatic N) is 2. The highest BCUT2D eigenvalue weighted by atomic mass is 15.3. The minimum Gasteiger partial charge on any atom is -0.314 e. The third-order valence-electron chi connectivity index (χ3n) is 4.01. The lowest BCUT2D eigenvalue weighted by Gasteiger charge is -2.17.